The van der Waals surface area contributed by atoms with Gasteiger partial charge in [0, 0.05) is 49.5 Å². The van der Waals surface area contributed by atoms with E-state index < -0.39 is 0 Å². The third kappa shape index (κ3) is 5.94. The van der Waals surface area contributed by atoms with Crippen LogP contribution in [0.4, 0.5) is 17.1 Å². The number of hydrogen-bond acceptors (Lipinski definition) is 6. The zero-order valence-electron chi connectivity index (χ0n) is 20.9. The second kappa shape index (κ2) is 11.1. The lowest BCUT2D eigenvalue weighted by atomic mass is 10.1. The quantitative estimate of drug-likeness (QED) is 0.332. The predicted octanol–water partition coefficient (Wildman–Crippen LogP) is 5.52. The highest BCUT2D eigenvalue weighted by Crippen LogP contribution is 2.33. The average Bonchev–Trinajstić information content (AvgIpc) is 2.88. The second-order valence-corrected chi connectivity index (χ2v) is 9.21. The van der Waals surface area contributed by atoms with E-state index in [9.17, 15) is 14.9 Å². The fourth-order valence-electron chi connectivity index (χ4n) is 4.38. The highest BCUT2D eigenvalue weighted by molar-refractivity contribution is 5.94. The molecule has 8 nitrogen and oxygen atoms in total. The molecule has 36 heavy (non-hydrogen) atoms. The molecule has 3 aromatic rings. The number of nitro benzene ring substituents is 1. The molecule has 0 spiro atoms. The molecule has 4 rings (SSSR count). The van der Waals surface area contributed by atoms with Gasteiger partial charge in [0.1, 0.15) is 11.4 Å². The summed E-state index contributed by atoms with van der Waals surface area (Å²) in [6.07, 6.45) is 0.0376. The monoisotopic (exact) mass is 488 g/mol. The van der Waals surface area contributed by atoms with Crippen molar-refractivity contribution in [1.82, 2.24) is 4.90 Å². The number of piperazine rings is 1. The van der Waals surface area contributed by atoms with Crippen LogP contribution < -0.4 is 15.0 Å². The predicted molar refractivity (Wildman–Crippen MR) is 142 cm³/mol. The number of carbonyl (C=O) groups is 1. The van der Waals surface area contributed by atoms with E-state index in [1.54, 1.807) is 18.2 Å². The van der Waals surface area contributed by atoms with Crippen LogP contribution >= 0.6 is 0 Å². The molecule has 0 aliphatic carbocycles. The molecule has 0 unspecified atom stereocenters. The zero-order chi connectivity index (χ0) is 25.7. The normalized spacial score (nSPS) is 14.4. The van der Waals surface area contributed by atoms with Crippen LogP contribution in [0.3, 0.4) is 0 Å². The summed E-state index contributed by atoms with van der Waals surface area (Å²) in [5.41, 5.74) is 3.07. The van der Waals surface area contributed by atoms with Gasteiger partial charge in [0.05, 0.1) is 11.0 Å². The first-order valence-corrected chi connectivity index (χ1v) is 12.2. The molecule has 1 aliphatic heterocycles. The van der Waals surface area contributed by atoms with Gasteiger partial charge in [0.15, 0.2) is 0 Å². The van der Waals surface area contributed by atoms with Crippen LogP contribution in [0.25, 0.3) is 0 Å². The number of hydrogen-bond donors (Lipinski definition) is 1. The summed E-state index contributed by atoms with van der Waals surface area (Å²) in [4.78, 5) is 28.4. The lowest BCUT2D eigenvalue weighted by Gasteiger charge is -2.36. The Hall–Kier alpha value is -4.07. The van der Waals surface area contributed by atoms with Crippen LogP contribution in [0, 0.1) is 10.1 Å². The average molecular weight is 489 g/mol. The van der Waals surface area contributed by atoms with Crippen LogP contribution in [0.15, 0.2) is 72.8 Å². The Labute approximate surface area is 211 Å². The zero-order valence-corrected chi connectivity index (χ0v) is 20.9. The highest BCUT2D eigenvalue weighted by atomic mass is 16.6. The molecular formula is C28H32N4O4. The van der Waals surface area contributed by atoms with Crippen LogP contribution in [-0.2, 0) is 0 Å². The smallest absolute Gasteiger partial charge is 0.292 e. The van der Waals surface area contributed by atoms with Crippen molar-refractivity contribution in [3.05, 3.63) is 94.0 Å². The Morgan fingerprint density at radius 2 is 1.67 bits per heavy atom. The van der Waals surface area contributed by atoms with Crippen LogP contribution in [0.5, 0.6) is 5.75 Å². The van der Waals surface area contributed by atoms with Crippen LogP contribution in [-0.4, -0.2) is 48.0 Å². The maximum absolute atomic E-state index is 13.1. The lowest BCUT2D eigenvalue weighted by Crippen LogP contribution is -2.48. The van der Waals surface area contributed by atoms with Crippen molar-refractivity contribution in [2.24, 2.45) is 0 Å². The number of nitro groups is 1. The van der Waals surface area contributed by atoms with Gasteiger partial charge < -0.3 is 19.9 Å². The Morgan fingerprint density at radius 3 is 2.33 bits per heavy atom. The molecule has 0 radical (unpaired) electrons. The highest BCUT2D eigenvalue weighted by Gasteiger charge is 2.24. The minimum atomic E-state index is -0.364. The number of carbonyl (C=O) groups excluding carboxylic acids is 1. The van der Waals surface area contributed by atoms with Gasteiger partial charge in [0.2, 0.25) is 0 Å². The summed E-state index contributed by atoms with van der Waals surface area (Å²) in [5.74, 6) is 0.664. The topological polar surface area (TPSA) is 88.0 Å². The third-order valence-electron chi connectivity index (χ3n) is 6.23. The van der Waals surface area contributed by atoms with Crippen molar-refractivity contribution in [3.63, 3.8) is 0 Å². The standard InChI is InChI=1S/C28H32N4O4/c1-20(2)36-25-11-7-10-23(18-25)28(33)31-16-14-30(15-17-31)24-12-13-27(32(34)35)26(19-24)29-21(3)22-8-5-4-6-9-22/h4-13,18-21,29H,14-17H2,1-3H3/t21-/m1/s1. The van der Waals surface area contributed by atoms with Crippen molar-refractivity contribution < 1.29 is 14.5 Å². The summed E-state index contributed by atoms with van der Waals surface area (Å²) >= 11 is 0. The summed E-state index contributed by atoms with van der Waals surface area (Å²) in [6.45, 7) is 8.29. The minimum absolute atomic E-state index is 0.0217. The number of nitrogens with one attached hydrogen (secondary N) is 1. The Balaban J connectivity index is 1.45. The van der Waals surface area contributed by atoms with Crippen LogP contribution in [0.2, 0.25) is 0 Å². The van der Waals surface area contributed by atoms with Gasteiger partial charge in [-0.1, -0.05) is 36.4 Å². The molecule has 1 fully saturated rings. The first-order valence-electron chi connectivity index (χ1n) is 12.2. The largest absolute Gasteiger partial charge is 0.491 e. The Kier molecular flexibility index (Phi) is 7.73. The van der Waals surface area contributed by atoms with Gasteiger partial charge in [-0.15, -0.1) is 0 Å². The van der Waals surface area contributed by atoms with E-state index in [1.165, 1.54) is 0 Å². The van der Waals surface area contributed by atoms with Gasteiger partial charge >= 0.3 is 0 Å². The molecule has 1 N–H and O–H groups in total. The van der Waals surface area contributed by atoms with E-state index in [0.29, 0.717) is 43.2 Å². The van der Waals surface area contributed by atoms with E-state index in [2.05, 4.69) is 10.2 Å². The molecule has 1 atom stereocenters. The summed E-state index contributed by atoms with van der Waals surface area (Å²) in [5, 5.41) is 15.0. The third-order valence-corrected chi connectivity index (χ3v) is 6.23. The summed E-state index contributed by atoms with van der Waals surface area (Å²) in [6, 6.07) is 22.2. The van der Waals surface area contributed by atoms with Gasteiger partial charge in [-0.25, -0.2) is 0 Å². The number of anilines is 2. The molecular weight excluding hydrogens is 456 g/mol. The molecule has 1 aliphatic rings. The van der Waals surface area contributed by atoms with E-state index in [1.807, 2.05) is 80.3 Å². The van der Waals surface area contributed by atoms with Gasteiger partial charge in [-0.3, -0.25) is 14.9 Å². The number of rotatable bonds is 8. The summed E-state index contributed by atoms with van der Waals surface area (Å²) in [7, 11) is 0. The van der Waals surface area contributed by atoms with Crippen molar-refractivity contribution in [2.45, 2.75) is 32.9 Å². The fourth-order valence-corrected chi connectivity index (χ4v) is 4.38. The SMILES string of the molecule is CC(C)Oc1cccc(C(=O)N2CCN(c3ccc([N+](=O)[O-])c(N[C@H](C)c4ccccc4)c3)CC2)c1. The van der Waals surface area contributed by atoms with Gasteiger partial charge in [-0.05, 0) is 56.7 Å². The molecule has 1 saturated heterocycles. The maximum Gasteiger partial charge on any atom is 0.292 e. The van der Waals surface area contributed by atoms with Gasteiger partial charge in [0.25, 0.3) is 11.6 Å². The first-order chi connectivity index (χ1) is 17.3. The Morgan fingerprint density at radius 1 is 0.944 bits per heavy atom. The molecule has 3 aromatic carbocycles. The van der Waals surface area contributed by atoms with E-state index in [0.717, 1.165) is 11.3 Å². The summed E-state index contributed by atoms with van der Waals surface area (Å²) < 4.78 is 5.73. The van der Waals surface area contributed by atoms with Crippen molar-refractivity contribution in [3.8, 4) is 5.75 Å². The van der Waals surface area contributed by atoms with E-state index in [4.69, 9.17) is 4.74 Å². The molecule has 188 valence electrons. The fraction of sp³-hybridized carbons (Fsp3) is 0.321. The molecule has 1 amide bonds. The molecule has 0 aromatic heterocycles. The van der Waals surface area contributed by atoms with Crippen LogP contribution in [0.1, 0.15) is 42.7 Å². The Bertz CT molecular complexity index is 1210. The van der Waals surface area contributed by atoms with Crippen molar-refractivity contribution in [1.29, 1.82) is 0 Å². The van der Waals surface area contributed by atoms with Crippen molar-refractivity contribution >= 4 is 23.0 Å². The molecule has 8 heteroatoms. The molecule has 0 saturated carbocycles. The second-order valence-electron chi connectivity index (χ2n) is 9.21. The molecule has 1 heterocycles. The number of benzene rings is 3. The van der Waals surface area contributed by atoms with E-state index >= 15 is 0 Å². The van der Waals surface area contributed by atoms with Crippen molar-refractivity contribution in [2.75, 3.05) is 36.4 Å². The lowest BCUT2D eigenvalue weighted by molar-refractivity contribution is -0.384. The number of nitrogens with zero attached hydrogens (tertiary/aromatic N) is 3. The van der Waals surface area contributed by atoms with E-state index in [-0.39, 0.29) is 28.7 Å². The molecule has 0 bridgehead atoms. The van der Waals surface area contributed by atoms with Gasteiger partial charge in [-0.2, -0.15) is 0 Å². The first kappa shape index (κ1) is 25.0. The minimum Gasteiger partial charge on any atom is -0.491 e. The maximum atomic E-state index is 13.1. The number of ether oxygens (including phenoxy) is 1. The number of amides is 1.